The third-order valence-electron chi connectivity index (χ3n) is 7.99. The van der Waals surface area contributed by atoms with Gasteiger partial charge in [0.15, 0.2) is 0 Å². The van der Waals surface area contributed by atoms with Gasteiger partial charge in [-0.25, -0.2) is 19.2 Å². The second-order valence-corrected chi connectivity index (χ2v) is 10.6. The van der Waals surface area contributed by atoms with Crippen molar-refractivity contribution < 1.29 is 47.7 Å². The third-order valence-corrected chi connectivity index (χ3v) is 7.99. The molecule has 0 radical (unpaired) electrons. The Morgan fingerprint density at radius 3 is 1.02 bits per heavy atom. The average Bonchev–Trinajstić information content (AvgIpc) is 3.74. The number of rotatable bonds is 12. The van der Waals surface area contributed by atoms with Crippen LogP contribution in [0, 0.1) is 0 Å². The van der Waals surface area contributed by atoms with Gasteiger partial charge in [-0.2, -0.15) is 0 Å². The van der Waals surface area contributed by atoms with Gasteiger partial charge in [-0.1, -0.05) is 60.7 Å². The van der Waals surface area contributed by atoms with E-state index in [2.05, 4.69) is 0 Å². The summed E-state index contributed by atoms with van der Waals surface area (Å²) >= 11 is 0. The van der Waals surface area contributed by atoms with Crippen LogP contribution in [0.4, 0.5) is 0 Å². The smallest absolute Gasteiger partial charge is 0.350 e. The van der Waals surface area contributed by atoms with Crippen LogP contribution in [0.3, 0.4) is 0 Å². The summed E-state index contributed by atoms with van der Waals surface area (Å²) in [6.45, 7) is 5.31. The lowest BCUT2D eigenvalue weighted by Gasteiger charge is -2.45. The van der Waals surface area contributed by atoms with E-state index in [0.29, 0.717) is 0 Å². The molecule has 0 saturated heterocycles. The average molecular weight is 655 g/mol. The topological polar surface area (TPSA) is 149 Å². The van der Waals surface area contributed by atoms with Gasteiger partial charge in [-0.15, -0.1) is 0 Å². The fraction of sp³-hybridized carbons (Fsp3) is 0.278. The van der Waals surface area contributed by atoms with Crippen molar-refractivity contribution >= 4 is 35.4 Å². The number of ether oxygens (including phenoxy) is 4. The van der Waals surface area contributed by atoms with Crippen molar-refractivity contribution in [1.29, 1.82) is 0 Å². The van der Waals surface area contributed by atoms with Gasteiger partial charge in [0.05, 0.1) is 49.2 Å². The molecule has 5 rings (SSSR count). The molecule has 12 nitrogen and oxygen atoms in total. The van der Waals surface area contributed by atoms with Gasteiger partial charge in [0.1, 0.15) is 0 Å². The summed E-state index contributed by atoms with van der Waals surface area (Å²) in [6, 6.07) is 21.2. The number of benzene rings is 2. The van der Waals surface area contributed by atoms with Crippen molar-refractivity contribution in [3.8, 4) is 0 Å². The first kappa shape index (κ1) is 33.6. The molecule has 0 saturated carbocycles. The Morgan fingerprint density at radius 2 is 0.750 bits per heavy atom. The van der Waals surface area contributed by atoms with E-state index >= 15 is 0 Å². The predicted octanol–water partition coefficient (Wildman–Crippen LogP) is 3.80. The van der Waals surface area contributed by atoms with Crippen LogP contribution < -0.4 is 0 Å². The first-order chi connectivity index (χ1) is 23.2. The molecular weight excluding hydrogens is 620 g/mol. The Hall–Kier alpha value is -5.78. The molecule has 1 aliphatic heterocycles. The highest BCUT2D eigenvalue weighted by molar-refractivity contribution is 6.16. The number of ketones is 2. The lowest BCUT2D eigenvalue weighted by atomic mass is 9.83. The highest BCUT2D eigenvalue weighted by atomic mass is 16.6. The molecule has 248 valence electrons. The Bertz CT molecular complexity index is 1710. The SMILES string of the molecule is CCOC(=O)C1(C(=O)OCC)c2ccc(C(=O)c3ccccc3)n2C(C(=O)OCC)(C(=O)OCC)c2ccc(C(=O)c3ccccc3)n21. The molecule has 0 amide bonds. The molecule has 0 fully saturated rings. The Balaban J connectivity index is 2.03. The molecule has 0 aliphatic carbocycles. The number of fused-ring (bicyclic) bond motifs is 2. The molecule has 0 spiro atoms. The standard InChI is InChI=1S/C36H34N2O10/c1-5-45-31(41)35(32(42)46-6-2)27-21-19-26(30(40)24-17-13-10-14-18-24)38(27)36(33(43)47-7-3,34(44)48-8-4)28-22-20-25(37(28)35)29(39)23-15-11-9-12-16-23/h9-22H,5-8H2,1-4H3. The zero-order valence-corrected chi connectivity index (χ0v) is 26.9. The molecule has 3 heterocycles. The van der Waals surface area contributed by atoms with Crippen LogP contribution in [0.25, 0.3) is 0 Å². The minimum absolute atomic E-state index is 0.179. The van der Waals surface area contributed by atoms with E-state index in [1.807, 2.05) is 0 Å². The van der Waals surface area contributed by atoms with Crippen molar-refractivity contribution in [2.45, 2.75) is 38.8 Å². The van der Waals surface area contributed by atoms with E-state index in [-0.39, 0.29) is 60.3 Å². The third kappa shape index (κ3) is 4.91. The zero-order valence-electron chi connectivity index (χ0n) is 26.9. The quantitative estimate of drug-likeness (QED) is 0.0956. The Kier molecular flexibility index (Phi) is 9.46. The van der Waals surface area contributed by atoms with Crippen molar-refractivity contribution in [3.63, 3.8) is 0 Å². The van der Waals surface area contributed by atoms with E-state index in [4.69, 9.17) is 18.9 Å². The van der Waals surface area contributed by atoms with Crippen LogP contribution in [-0.4, -0.2) is 71.0 Å². The first-order valence-electron chi connectivity index (χ1n) is 15.5. The van der Waals surface area contributed by atoms with Crippen molar-refractivity contribution in [1.82, 2.24) is 9.13 Å². The summed E-state index contributed by atoms with van der Waals surface area (Å²) in [7, 11) is 0. The zero-order chi connectivity index (χ0) is 34.6. The van der Waals surface area contributed by atoms with E-state index in [0.717, 1.165) is 9.13 Å². The maximum Gasteiger partial charge on any atom is 0.350 e. The maximum atomic E-state index is 14.4. The van der Waals surface area contributed by atoms with Gasteiger partial charge in [-0.05, 0) is 52.0 Å². The monoisotopic (exact) mass is 654 g/mol. The molecule has 12 heteroatoms. The van der Waals surface area contributed by atoms with Gasteiger partial charge < -0.3 is 28.1 Å². The van der Waals surface area contributed by atoms with Crippen LogP contribution in [0.5, 0.6) is 0 Å². The number of carbonyl (C=O) groups excluding carboxylic acids is 6. The van der Waals surface area contributed by atoms with E-state index < -0.39 is 46.5 Å². The van der Waals surface area contributed by atoms with Crippen LogP contribution in [0.2, 0.25) is 0 Å². The minimum Gasteiger partial charge on any atom is -0.463 e. The van der Waals surface area contributed by atoms with Gasteiger partial charge in [0.25, 0.3) is 11.1 Å². The number of hydrogen-bond acceptors (Lipinski definition) is 10. The largest absolute Gasteiger partial charge is 0.463 e. The van der Waals surface area contributed by atoms with E-state index in [9.17, 15) is 28.8 Å². The number of carbonyl (C=O) groups is 6. The second-order valence-electron chi connectivity index (χ2n) is 10.6. The molecule has 4 aromatic rings. The molecule has 0 N–H and O–H groups in total. The Morgan fingerprint density at radius 1 is 0.458 bits per heavy atom. The van der Waals surface area contributed by atoms with Crippen LogP contribution >= 0.6 is 0 Å². The molecule has 2 aromatic carbocycles. The fourth-order valence-corrected chi connectivity index (χ4v) is 6.11. The summed E-state index contributed by atoms with van der Waals surface area (Å²) in [5.74, 6) is -6.02. The normalized spacial score (nSPS) is 13.8. The highest BCUT2D eigenvalue weighted by Gasteiger charge is 2.68. The number of nitrogens with zero attached hydrogens (tertiary/aromatic N) is 2. The summed E-state index contributed by atoms with van der Waals surface area (Å²) in [4.78, 5) is 86.2. The molecule has 0 unspecified atom stereocenters. The van der Waals surface area contributed by atoms with Crippen LogP contribution in [0.1, 0.15) is 71.2 Å². The second kappa shape index (κ2) is 13.5. The lowest BCUT2D eigenvalue weighted by molar-refractivity contribution is -0.175. The predicted molar refractivity (Wildman–Crippen MR) is 169 cm³/mol. The molecule has 48 heavy (non-hydrogen) atoms. The highest BCUT2D eigenvalue weighted by Crippen LogP contribution is 2.48. The van der Waals surface area contributed by atoms with Gasteiger partial charge in [0.2, 0.25) is 11.6 Å². The summed E-state index contributed by atoms with van der Waals surface area (Å²) in [5, 5.41) is 0. The lowest BCUT2D eigenvalue weighted by Crippen LogP contribution is -2.65. The first-order valence-corrected chi connectivity index (χ1v) is 15.5. The fourth-order valence-electron chi connectivity index (χ4n) is 6.11. The number of hydrogen-bond donors (Lipinski definition) is 0. The maximum absolute atomic E-state index is 14.4. The summed E-state index contributed by atoms with van der Waals surface area (Å²) in [6.07, 6.45) is 0. The van der Waals surface area contributed by atoms with Crippen molar-refractivity contribution in [3.05, 3.63) is 119 Å². The van der Waals surface area contributed by atoms with Crippen molar-refractivity contribution in [2.24, 2.45) is 0 Å². The summed E-state index contributed by atoms with van der Waals surface area (Å²) < 4.78 is 24.0. The van der Waals surface area contributed by atoms with Gasteiger partial charge >= 0.3 is 23.9 Å². The molecular formula is C36H34N2O10. The van der Waals surface area contributed by atoms with Gasteiger partial charge in [0, 0.05) is 11.1 Å². The van der Waals surface area contributed by atoms with Crippen LogP contribution in [0.15, 0.2) is 84.9 Å². The number of esters is 4. The van der Waals surface area contributed by atoms with E-state index in [1.165, 1.54) is 76.2 Å². The van der Waals surface area contributed by atoms with Crippen molar-refractivity contribution in [2.75, 3.05) is 26.4 Å². The molecule has 0 bridgehead atoms. The van der Waals surface area contributed by atoms with Crippen LogP contribution in [-0.2, 0) is 49.2 Å². The number of aromatic nitrogens is 2. The van der Waals surface area contributed by atoms with E-state index in [1.54, 1.807) is 36.4 Å². The summed E-state index contributed by atoms with van der Waals surface area (Å²) in [5.41, 5.74) is -6.18. The minimum atomic E-state index is -2.66. The molecule has 0 atom stereocenters. The molecule has 2 aromatic heterocycles. The Labute approximate surface area is 276 Å². The van der Waals surface area contributed by atoms with Gasteiger partial charge in [-0.3, -0.25) is 9.59 Å². The molecule has 1 aliphatic rings.